The van der Waals surface area contributed by atoms with Gasteiger partial charge in [-0.25, -0.2) is 0 Å². The normalized spacial score (nSPS) is 10.6. The van der Waals surface area contributed by atoms with Crippen LogP contribution in [0.25, 0.3) is 0 Å². The summed E-state index contributed by atoms with van der Waals surface area (Å²) in [7, 11) is 1.62. The van der Waals surface area contributed by atoms with Crippen molar-refractivity contribution in [2.45, 2.75) is 13.8 Å². The number of rotatable bonds is 6. The van der Waals surface area contributed by atoms with Crippen LogP contribution in [0.1, 0.15) is 25.7 Å². The summed E-state index contributed by atoms with van der Waals surface area (Å²) >= 11 is 1.52. The van der Waals surface area contributed by atoms with Crippen molar-refractivity contribution >= 4 is 17.1 Å². The van der Waals surface area contributed by atoms with Crippen LogP contribution in [-0.4, -0.2) is 26.1 Å². The number of hydrogen-bond donors (Lipinski definition) is 0. The number of hydrogen-bond acceptors (Lipinski definition) is 4. The number of carbonyl (C=O) groups excluding carboxylic acids is 1. The van der Waals surface area contributed by atoms with E-state index in [1.54, 1.807) is 13.2 Å². The molecule has 2 aromatic rings. The van der Waals surface area contributed by atoms with Gasteiger partial charge < -0.3 is 9.47 Å². The third-order valence-corrected chi connectivity index (χ3v) is 4.22. The van der Waals surface area contributed by atoms with E-state index < -0.39 is 0 Å². The van der Waals surface area contributed by atoms with Crippen LogP contribution in [0.4, 0.5) is 0 Å². The van der Waals surface area contributed by atoms with Gasteiger partial charge in [-0.15, -0.1) is 11.3 Å². The van der Waals surface area contributed by atoms with Crippen molar-refractivity contribution in [1.82, 2.24) is 0 Å². The van der Waals surface area contributed by atoms with Gasteiger partial charge in [-0.1, -0.05) is 12.1 Å². The molecule has 0 radical (unpaired) electrons. The fourth-order valence-corrected chi connectivity index (χ4v) is 2.82. The van der Waals surface area contributed by atoms with E-state index in [0.29, 0.717) is 24.5 Å². The monoisotopic (exact) mass is 290 g/mol. The molecule has 0 saturated heterocycles. The standard InChI is InChI=1S/C16H18O3S/c1-11-10-15(20-12(11)2)16(17)13-6-4-5-7-14(13)19-9-8-18-3/h4-7,10H,8-9H2,1-3H3. The molecule has 0 atom stereocenters. The van der Waals surface area contributed by atoms with Crippen molar-refractivity contribution in [3.8, 4) is 5.75 Å². The Morgan fingerprint density at radius 3 is 2.60 bits per heavy atom. The highest BCUT2D eigenvalue weighted by molar-refractivity contribution is 7.14. The summed E-state index contributed by atoms with van der Waals surface area (Å²) in [5.41, 5.74) is 1.75. The SMILES string of the molecule is COCCOc1ccccc1C(=O)c1cc(C)c(C)s1. The van der Waals surface area contributed by atoms with Gasteiger partial charge >= 0.3 is 0 Å². The van der Waals surface area contributed by atoms with Crippen LogP contribution in [0.15, 0.2) is 30.3 Å². The number of aryl methyl sites for hydroxylation is 2. The topological polar surface area (TPSA) is 35.5 Å². The highest BCUT2D eigenvalue weighted by Crippen LogP contribution is 2.27. The summed E-state index contributed by atoms with van der Waals surface area (Å²) in [6.45, 7) is 4.98. The molecule has 1 aromatic heterocycles. The van der Waals surface area contributed by atoms with Gasteiger partial charge in [-0.2, -0.15) is 0 Å². The van der Waals surface area contributed by atoms with E-state index in [-0.39, 0.29) is 5.78 Å². The first-order chi connectivity index (χ1) is 9.63. The third-order valence-electron chi connectivity index (χ3n) is 3.07. The molecule has 4 heteroatoms. The maximum absolute atomic E-state index is 12.6. The smallest absolute Gasteiger partial charge is 0.206 e. The quantitative estimate of drug-likeness (QED) is 0.602. The molecule has 0 bridgehead atoms. The van der Waals surface area contributed by atoms with E-state index in [2.05, 4.69) is 0 Å². The average molecular weight is 290 g/mol. The molecule has 0 unspecified atom stereocenters. The van der Waals surface area contributed by atoms with Crippen LogP contribution in [0.5, 0.6) is 5.75 Å². The van der Waals surface area contributed by atoms with Gasteiger partial charge in [0.15, 0.2) is 0 Å². The number of ketones is 1. The molecule has 1 aromatic carbocycles. The van der Waals surface area contributed by atoms with E-state index in [4.69, 9.17) is 9.47 Å². The minimum atomic E-state index is 0.0132. The highest BCUT2D eigenvalue weighted by Gasteiger charge is 2.17. The molecular weight excluding hydrogens is 272 g/mol. The molecule has 1 heterocycles. The maximum Gasteiger partial charge on any atom is 0.206 e. The zero-order chi connectivity index (χ0) is 14.5. The lowest BCUT2D eigenvalue weighted by molar-refractivity contribution is 0.103. The lowest BCUT2D eigenvalue weighted by atomic mass is 10.1. The second-order valence-corrected chi connectivity index (χ2v) is 5.77. The predicted molar refractivity (Wildman–Crippen MR) is 81.0 cm³/mol. The second kappa shape index (κ2) is 6.68. The van der Waals surface area contributed by atoms with Crippen LogP contribution in [0.3, 0.4) is 0 Å². The molecule has 20 heavy (non-hydrogen) atoms. The second-order valence-electron chi connectivity index (χ2n) is 4.52. The minimum Gasteiger partial charge on any atom is -0.490 e. The zero-order valence-electron chi connectivity index (χ0n) is 11.9. The first kappa shape index (κ1) is 14.8. The molecule has 3 nitrogen and oxygen atoms in total. The van der Waals surface area contributed by atoms with Crippen molar-refractivity contribution in [3.05, 3.63) is 51.2 Å². The Morgan fingerprint density at radius 2 is 1.95 bits per heavy atom. The lowest BCUT2D eigenvalue weighted by Gasteiger charge is -2.09. The van der Waals surface area contributed by atoms with Gasteiger partial charge in [-0.3, -0.25) is 4.79 Å². The van der Waals surface area contributed by atoms with Gasteiger partial charge in [0, 0.05) is 12.0 Å². The van der Waals surface area contributed by atoms with Crippen molar-refractivity contribution in [1.29, 1.82) is 0 Å². The molecule has 0 aliphatic carbocycles. The van der Waals surface area contributed by atoms with Crippen molar-refractivity contribution < 1.29 is 14.3 Å². The summed E-state index contributed by atoms with van der Waals surface area (Å²) < 4.78 is 10.6. The van der Waals surface area contributed by atoms with E-state index in [1.807, 2.05) is 38.1 Å². The fourth-order valence-electron chi connectivity index (χ4n) is 1.83. The van der Waals surface area contributed by atoms with Crippen molar-refractivity contribution in [2.75, 3.05) is 20.3 Å². The number of thiophene rings is 1. The van der Waals surface area contributed by atoms with E-state index in [0.717, 1.165) is 10.4 Å². The van der Waals surface area contributed by atoms with E-state index >= 15 is 0 Å². The summed E-state index contributed by atoms with van der Waals surface area (Å²) in [5, 5.41) is 0. The number of carbonyl (C=O) groups is 1. The Labute approximate surface area is 123 Å². The Hall–Kier alpha value is -1.65. The molecule has 0 aliphatic rings. The molecule has 0 fully saturated rings. The fraction of sp³-hybridized carbons (Fsp3) is 0.312. The van der Waals surface area contributed by atoms with Gasteiger partial charge in [0.05, 0.1) is 17.0 Å². The Bertz CT molecular complexity index is 582. The Kier molecular flexibility index (Phi) is 4.93. The van der Waals surface area contributed by atoms with Crippen LogP contribution in [-0.2, 0) is 4.74 Å². The van der Waals surface area contributed by atoms with Crippen LogP contribution in [0, 0.1) is 13.8 Å². The molecule has 106 valence electrons. The van der Waals surface area contributed by atoms with E-state index in [9.17, 15) is 4.79 Å². The molecular formula is C16H18O3S. The van der Waals surface area contributed by atoms with Gasteiger partial charge in [0.1, 0.15) is 12.4 Å². The summed E-state index contributed by atoms with van der Waals surface area (Å²) in [6.07, 6.45) is 0. The van der Waals surface area contributed by atoms with Crippen LogP contribution >= 0.6 is 11.3 Å². The Balaban J connectivity index is 2.25. The zero-order valence-corrected chi connectivity index (χ0v) is 12.8. The van der Waals surface area contributed by atoms with Crippen LogP contribution in [0.2, 0.25) is 0 Å². The lowest BCUT2D eigenvalue weighted by Crippen LogP contribution is -2.08. The first-order valence-electron chi connectivity index (χ1n) is 6.46. The molecule has 0 saturated carbocycles. The average Bonchev–Trinajstić information content (AvgIpc) is 2.79. The van der Waals surface area contributed by atoms with Gasteiger partial charge in [0.2, 0.25) is 5.78 Å². The number of methoxy groups -OCH3 is 1. The summed E-state index contributed by atoms with van der Waals surface area (Å²) in [6, 6.07) is 9.27. The highest BCUT2D eigenvalue weighted by atomic mass is 32.1. The number of para-hydroxylation sites is 1. The third kappa shape index (κ3) is 3.26. The Morgan fingerprint density at radius 1 is 1.20 bits per heavy atom. The van der Waals surface area contributed by atoms with Crippen molar-refractivity contribution in [2.24, 2.45) is 0 Å². The summed E-state index contributed by atoms with van der Waals surface area (Å²) in [5.74, 6) is 0.623. The number of ether oxygens (including phenoxy) is 2. The van der Waals surface area contributed by atoms with E-state index in [1.165, 1.54) is 16.2 Å². The first-order valence-corrected chi connectivity index (χ1v) is 7.27. The molecule has 0 N–H and O–H groups in total. The minimum absolute atomic E-state index is 0.0132. The van der Waals surface area contributed by atoms with Crippen molar-refractivity contribution in [3.63, 3.8) is 0 Å². The number of benzene rings is 1. The predicted octanol–water partition coefficient (Wildman–Crippen LogP) is 3.62. The van der Waals surface area contributed by atoms with Gasteiger partial charge in [0.25, 0.3) is 0 Å². The van der Waals surface area contributed by atoms with Gasteiger partial charge in [-0.05, 0) is 37.6 Å². The summed E-state index contributed by atoms with van der Waals surface area (Å²) in [4.78, 5) is 14.5. The molecule has 0 spiro atoms. The maximum atomic E-state index is 12.6. The molecule has 0 aliphatic heterocycles. The largest absolute Gasteiger partial charge is 0.490 e. The molecule has 0 amide bonds. The molecule has 2 rings (SSSR count). The van der Waals surface area contributed by atoms with Crippen LogP contribution < -0.4 is 4.74 Å².